The minimum Gasteiger partial charge on any atom is -0.378 e. The van der Waals surface area contributed by atoms with Gasteiger partial charge in [-0.3, -0.25) is 10.1 Å². The predicted molar refractivity (Wildman–Crippen MR) is 68.4 cm³/mol. The number of nitrogens with two attached hydrogens (primary N) is 1. The largest absolute Gasteiger partial charge is 0.378 e. The lowest BCUT2D eigenvalue weighted by Gasteiger charge is -2.31. The number of hydrogen-bond acceptors (Lipinski definition) is 5. The van der Waals surface area contributed by atoms with E-state index in [2.05, 4.69) is 16.9 Å². The van der Waals surface area contributed by atoms with Crippen LogP contribution in [0.2, 0.25) is 0 Å². The second kappa shape index (κ2) is 4.93. The van der Waals surface area contributed by atoms with Crippen molar-refractivity contribution >= 4 is 11.5 Å². The van der Waals surface area contributed by atoms with E-state index in [1.165, 1.54) is 0 Å². The summed E-state index contributed by atoms with van der Waals surface area (Å²) in [6.07, 6.45) is 1.88. The third-order valence-corrected chi connectivity index (χ3v) is 3.62. The van der Waals surface area contributed by atoms with Gasteiger partial charge in [0, 0.05) is 13.1 Å². The van der Waals surface area contributed by atoms with Crippen molar-refractivity contribution in [1.82, 2.24) is 14.7 Å². The normalized spacial score (nSPS) is 18.1. The van der Waals surface area contributed by atoms with Gasteiger partial charge in [-0.25, -0.2) is 4.68 Å². The van der Waals surface area contributed by atoms with Gasteiger partial charge in [0.2, 0.25) is 5.82 Å². The van der Waals surface area contributed by atoms with Gasteiger partial charge in [-0.15, -0.1) is 0 Å². The first-order chi connectivity index (χ1) is 8.54. The molecule has 0 spiro atoms. The molecular formula is C11H19N5O2. The first-order valence-electron chi connectivity index (χ1n) is 6.26. The molecule has 0 aromatic carbocycles. The Morgan fingerprint density at radius 3 is 2.56 bits per heavy atom. The molecule has 1 aliphatic rings. The monoisotopic (exact) mass is 253 g/mol. The van der Waals surface area contributed by atoms with Gasteiger partial charge in [-0.05, 0) is 26.3 Å². The predicted octanol–water partition coefficient (Wildman–Crippen LogP) is 1.34. The average Bonchev–Trinajstić information content (AvgIpc) is 2.65. The van der Waals surface area contributed by atoms with E-state index < -0.39 is 4.92 Å². The van der Waals surface area contributed by atoms with Crippen molar-refractivity contribution in [2.75, 3.05) is 25.4 Å². The van der Waals surface area contributed by atoms with E-state index in [1.807, 2.05) is 0 Å². The zero-order valence-corrected chi connectivity index (χ0v) is 10.8. The Bertz CT molecular complexity index is 449. The van der Waals surface area contributed by atoms with E-state index in [4.69, 9.17) is 5.73 Å². The fourth-order valence-electron chi connectivity index (χ4n) is 2.54. The number of nitrogen functional groups attached to an aromatic ring is 1. The summed E-state index contributed by atoms with van der Waals surface area (Å²) in [6.45, 7) is 6.80. The molecule has 2 heterocycles. The van der Waals surface area contributed by atoms with Crippen LogP contribution < -0.4 is 5.73 Å². The van der Waals surface area contributed by atoms with Gasteiger partial charge in [0.1, 0.15) is 5.69 Å². The highest BCUT2D eigenvalue weighted by Crippen LogP contribution is 2.31. The van der Waals surface area contributed by atoms with Crippen molar-refractivity contribution in [2.45, 2.75) is 32.7 Å². The summed E-state index contributed by atoms with van der Waals surface area (Å²) in [4.78, 5) is 12.8. The Balaban J connectivity index is 2.20. The Morgan fingerprint density at radius 2 is 2.11 bits per heavy atom. The number of rotatable bonds is 3. The van der Waals surface area contributed by atoms with Crippen LogP contribution in [-0.4, -0.2) is 39.2 Å². The minimum absolute atomic E-state index is 0.0482. The number of nitro groups is 1. The van der Waals surface area contributed by atoms with Gasteiger partial charge in [0.15, 0.2) is 0 Å². The molecule has 0 radical (unpaired) electrons. The average molecular weight is 253 g/mol. The van der Waals surface area contributed by atoms with Crippen molar-refractivity contribution in [3.05, 3.63) is 15.8 Å². The van der Waals surface area contributed by atoms with E-state index >= 15 is 0 Å². The Kier molecular flexibility index (Phi) is 3.51. The quantitative estimate of drug-likeness (QED) is 0.648. The molecule has 2 N–H and O–H groups in total. The number of likely N-dealkylation sites (tertiary alicyclic amines) is 1. The SMILES string of the molecule is CCN1CCC(n2nc(C)c([N+](=O)[O-])c2N)CC1. The van der Waals surface area contributed by atoms with Crippen LogP contribution in [-0.2, 0) is 0 Å². The molecule has 1 fully saturated rings. The first-order valence-corrected chi connectivity index (χ1v) is 6.26. The maximum atomic E-state index is 10.9. The van der Waals surface area contributed by atoms with Gasteiger partial charge in [-0.1, -0.05) is 6.92 Å². The van der Waals surface area contributed by atoms with Gasteiger partial charge in [0.25, 0.3) is 0 Å². The maximum absolute atomic E-state index is 10.9. The Labute approximate surface area is 106 Å². The number of nitrogens with zero attached hydrogens (tertiary/aromatic N) is 4. The highest BCUT2D eigenvalue weighted by atomic mass is 16.6. The topological polar surface area (TPSA) is 90.2 Å². The molecule has 0 unspecified atom stereocenters. The van der Waals surface area contributed by atoms with Crippen molar-refractivity contribution in [3.63, 3.8) is 0 Å². The molecule has 0 amide bonds. The maximum Gasteiger partial charge on any atom is 0.333 e. The first kappa shape index (κ1) is 12.8. The van der Waals surface area contributed by atoms with Gasteiger partial charge in [-0.2, -0.15) is 5.10 Å². The third kappa shape index (κ3) is 2.17. The molecule has 1 aromatic rings. The molecule has 0 atom stereocenters. The van der Waals surface area contributed by atoms with Crippen LogP contribution >= 0.6 is 0 Å². The molecule has 7 nitrogen and oxygen atoms in total. The van der Waals surface area contributed by atoms with Crippen LogP contribution in [0.4, 0.5) is 11.5 Å². The molecule has 2 rings (SSSR count). The smallest absolute Gasteiger partial charge is 0.333 e. The van der Waals surface area contributed by atoms with Gasteiger partial charge < -0.3 is 10.6 Å². The zero-order chi connectivity index (χ0) is 13.3. The van der Waals surface area contributed by atoms with E-state index in [0.29, 0.717) is 5.69 Å². The zero-order valence-electron chi connectivity index (χ0n) is 10.8. The minimum atomic E-state index is -0.449. The summed E-state index contributed by atoms with van der Waals surface area (Å²) in [6, 6.07) is 0.181. The summed E-state index contributed by atoms with van der Waals surface area (Å²) < 4.78 is 1.64. The highest BCUT2D eigenvalue weighted by molar-refractivity contribution is 5.56. The van der Waals surface area contributed by atoms with E-state index in [0.717, 1.165) is 32.5 Å². The summed E-state index contributed by atoms with van der Waals surface area (Å²) in [5, 5.41) is 15.1. The molecule has 7 heteroatoms. The fraction of sp³-hybridized carbons (Fsp3) is 0.727. The molecule has 0 saturated carbocycles. The van der Waals surface area contributed by atoms with Crippen molar-refractivity contribution in [2.24, 2.45) is 0 Å². The van der Waals surface area contributed by atoms with Crippen molar-refractivity contribution in [3.8, 4) is 0 Å². The van der Waals surface area contributed by atoms with Crippen LogP contribution in [0.1, 0.15) is 31.5 Å². The molecule has 100 valence electrons. The Morgan fingerprint density at radius 1 is 1.50 bits per heavy atom. The second-order valence-electron chi connectivity index (χ2n) is 4.69. The highest BCUT2D eigenvalue weighted by Gasteiger charge is 2.28. The summed E-state index contributed by atoms with van der Waals surface area (Å²) >= 11 is 0. The number of piperidine rings is 1. The van der Waals surface area contributed by atoms with Gasteiger partial charge in [0.05, 0.1) is 11.0 Å². The molecule has 0 bridgehead atoms. The molecule has 0 aliphatic carbocycles. The summed E-state index contributed by atoms with van der Waals surface area (Å²) in [7, 11) is 0. The van der Waals surface area contributed by atoms with E-state index in [1.54, 1.807) is 11.6 Å². The third-order valence-electron chi connectivity index (χ3n) is 3.62. The lowest BCUT2D eigenvalue weighted by molar-refractivity contribution is -0.384. The van der Waals surface area contributed by atoms with Crippen LogP contribution in [0.25, 0.3) is 0 Å². The van der Waals surface area contributed by atoms with Gasteiger partial charge >= 0.3 is 5.69 Å². The number of hydrogen-bond donors (Lipinski definition) is 1. The van der Waals surface area contributed by atoms with Crippen molar-refractivity contribution < 1.29 is 4.92 Å². The number of aromatic nitrogens is 2. The van der Waals surface area contributed by atoms with Crippen LogP contribution in [0.5, 0.6) is 0 Å². The lowest BCUT2D eigenvalue weighted by Crippen LogP contribution is -2.35. The molecular weight excluding hydrogens is 234 g/mol. The summed E-state index contributed by atoms with van der Waals surface area (Å²) in [5.41, 5.74) is 6.20. The Hall–Kier alpha value is -1.63. The molecule has 1 aromatic heterocycles. The van der Waals surface area contributed by atoms with Crippen molar-refractivity contribution in [1.29, 1.82) is 0 Å². The second-order valence-corrected chi connectivity index (χ2v) is 4.69. The summed E-state index contributed by atoms with van der Waals surface area (Å²) in [5.74, 6) is 0.187. The molecule has 18 heavy (non-hydrogen) atoms. The molecule has 1 saturated heterocycles. The van der Waals surface area contributed by atoms with E-state index in [-0.39, 0.29) is 17.5 Å². The van der Waals surface area contributed by atoms with Crippen LogP contribution in [0, 0.1) is 17.0 Å². The number of aryl methyl sites for hydroxylation is 1. The molecule has 1 aliphatic heterocycles. The fourth-order valence-corrected chi connectivity index (χ4v) is 2.54. The lowest BCUT2D eigenvalue weighted by atomic mass is 10.1. The van der Waals surface area contributed by atoms with Crippen LogP contribution in [0.3, 0.4) is 0 Å². The number of anilines is 1. The standard InChI is InChI=1S/C11H19N5O2/c1-3-14-6-4-9(5-7-14)15-11(12)10(16(17)18)8(2)13-15/h9H,3-7,12H2,1-2H3. The van der Waals surface area contributed by atoms with Crippen LogP contribution in [0.15, 0.2) is 0 Å². The van der Waals surface area contributed by atoms with E-state index in [9.17, 15) is 10.1 Å².